The molecule has 0 bridgehead atoms. The van der Waals surface area contributed by atoms with Crippen LogP contribution in [0, 0.1) is 6.92 Å². The zero-order valence-corrected chi connectivity index (χ0v) is 10.8. The lowest BCUT2D eigenvalue weighted by molar-refractivity contribution is -0.139. The van der Waals surface area contributed by atoms with Crippen LogP contribution >= 0.6 is 0 Å². The lowest BCUT2D eigenvalue weighted by atomic mass is 10.1. The third kappa shape index (κ3) is 3.84. The van der Waals surface area contributed by atoms with E-state index in [1.54, 1.807) is 23.7 Å². The maximum absolute atomic E-state index is 11.9. The molecule has 2 amide bonds. The van der Waals surface area contributed by atoms with Crippen molar-refractivity contribution in [3.05, 3.63) is 23.5 Å². The minimum absolute atomic E-state index is 0.0280. The molecule has 1 rings (SSSR count). The van der Waals surface area contributed by atoms with E-state index < -0.39 is 23.8 Å². The van der Waals surface area contributed by atoms with Crippen LogP contribution in [0.1, 0.15) is 29.0 Å². The van der Waals surface area contributed by atoms with Crippen molar-refractivity contribution in [3.63, 3.8) is 0 Å². The topological polar surface area (TPSA) is 114 Å². The van der Waals surface area contributed by atoms with Gasteiger partial charge >= 0.3 is 5.97 Å². The maximum Gasteiger partial charge on any atom is 0.326 e. The van der Waals surface area contributed by atoms with Crippen molar-refractivity contribution in [1.29, 1.82) is 0 Å². The Kier molecular flexibility index (Phi) is 4.68. The van der Waals surface area contributed by atoms with Crippen molar-refractivity contribution < 1.29 is 19.5 Å². The summed E-state index contributed by atoms with van der Waals surface area (Å²) in [4.78, 5) is 33.6. The number of hydrogen-bond acceptors (Lipinski definition) is 3. The fraction of sp³-hybridized carbons (Fsp3) is 0.417. The molecular formula is C12H17N3O4. The van der Waals surface area contributed by atoms with Gasteiger partial charge in [0.25, 0.3) is 5.91 Å². The zero-order valence-electron chi connectivity index (χ0n) is 10.8. The standard InChI is InChI=1S/C12H17N3O4/c1-7-3-5-9(15(7)2)11(17)14-8(12(18)19)4-6-10(13)16/h3,5,8H,4,6H2,1-2H3,(H2,13,16)(H,14,17)(H,18,19)/t8-/m0/s1. The van der Waals surface area contributed by atoms with Crippen molar-refractivity contribution in [2.75, 3.05) is 0 Å². The number of nitrogens with two attached hydrogens (primary N) is 1. The molecule has 19 heavy (non-hydrogen) atoms. The quantitative estimate of drug-likeness (QED) is 0.661. The molecule has 4 N–H and O–H groups in total. The molecule has 0 spiro atoms. The van der Waals surface area contributed by atoms with E-state index >= 15 is 0 Å². The molecule has 7 nitrogen and oxygen atoms in total. The van der Waals surface area contributed by atoms with Gasteiger partial charge in [0, 0.05) is 19.2 Å². The molecule has 0 radical (unpaired) electrons. The van der Waals surface area contributed by atoms with Crippen molar-refractivity contribution in [1.82, 2.24) is 9.88 Å². The van der Waals surface area contributed by atoms with E-state index in [1.165, 1.54) is 0 Å². The van der Waals surface area contributed by atoms with E-state index in [-0.39, 0.29) is 12.8 Å². The first-order chi connectivity index (χ1) is 8.82. The molecule has 1 aromatic heterocycles. The molecule has 7 heteroatoms. The lowest BCUT2D eigenvalue weighted by Gasteiger charge is -2.14. The van der Waals surface area contributed by atoms with Gasteiger partial charge in [-0.3, -0.25) is 9.59 Å². The Morgan fingerprint density at radius 2 is 2.05 bits per heavy atom. The van der Waals surface area contributed by atoms with Gasteiger partial charge in [-0.2, -0.15) is 0 Å². The van der Waals surface area contributed by atoms with E-state index in [0.29, 0.717) is 5.69 Å². The summed E-state index contributed by atoms with van der Waals surface area (Å²) in [5, 5.41) is 11.4. The molecule has 0 saturated carbocycles. The van der Waals surface area contributed by atoms with Crippen LogP contribution in [0.2, 0.25) is 0 Å². The Hall–Kier alpha value is -2.31. The van der Waals surface area contributed by atoms with Gasteiger partial charge in [0.2, 0.25) is 5.91 Å². The maximum atomic E-state index is 11.9. The van der Waals surface area contributed by atoms with Crippen LogP contribution in [-0.2, 0) is 16.6 Å². The van der Waals surface area contributed by atoms with E-state index in [2.05, 4.69) is 5.32 Å². The van der Waals surface area contributed by atoms with Gasteiger partial charge in [-0.25, -0.2) is 4.79 Å². The smallest absolute Gasteiger partial charge is 0.326 e. The highest BCUT2D eigenvalue weighted by Gasteiger charge is 2.22. The summed E-state index contributed by atoms with van der Waals surface area (Å²) in [6.07, 6.45) is -0.122. The van der Waals surface area contributed by atoms with Gasteiger partial charge in [0.15, 0.2) is 0 Å². The molecular weight excluding hydrogens is 250 g/mol. The third-order valence-electron chi connectivity index (χ3n) is 2.89. The van der Waals surface area contributed by atoms with Crippen LogP contribution < -0.4 is 11.1 Å². The SMILES string of the molecule is Cc1ccc(C(=O)N[C@@H](CCC(N)=O)C(=O)O)n1C. The Morgan fingerprint density at radius 3 is 2.47 bits per heavy atom. The van der Waals surface area contributed by atoms with Crippen molar-refractivity contribution in [2.24, 2.45) is 12.8 Å². The van der Waals surface area contributed by atoms with E-state index in [1.807, 2.05) is 6.92 Å². The van der Waals surface area contributed by atoms with Gasteiger partial charge in [-0.1, -0.05) is 0 Å². The van der Waals surface area contributed by atoms with Crippen LogP contribution in [0.4, 0.5) is 0 Å². The molecule has 0 saturated heterocycles. The summed E-state index contributed by atoms with van der Waals surface area (Å²) in [5.74, 6) is -2.29. The predicted molar refractivity (Wildman–Crippen MR) is 67.5 cm³/mol. The third-order valence-corrected chi connectivity index (χ3v) is 2.89. The summed E-state index contributed by atoms with van der Waals surface area (Å²) >= 11 is 0. The number of aromatic nitrogens is 1. The molecule has 0 fully saturated rings. The Balaban J connectivity index is 2.74. The number of nitrogens with one attached hydrogen (secondary N) is 1. The fourth-order valence-corrected chi connectivity index (χ4v) is 1.62. The molecule has 104 valence electrons. The van der Waals surface area contributed by atoms with E-state index in [0.717, 1.165) is 5.69 Å². The minimum Gasteiger partial charge on any atom is -0.480 e. The molecule has 1 heterocycles. The van der Waals surface area contributed by atoms with Gasteiger partial charge < -0.3 is 20.7 Å². The van der Waals surface area contributed by atoms with Crippen LogP contribution in [0.5, 0.6) is 0 Å². The number of aliphatic carboxylic acids is 1. The molecule has 0 aromatic carbocycles. The van der Waals surface area contributed by atoms with Gasteiger partial charge in [0.1, 0.15) is 11.7 Å². The number of amides is 2. The average molecular weight is 267 g/mol. The van der Waals surface area contributed by atoms with Crippen LogP contribution in [0.3, 0.4) is 0 Å². The van der Waals surface area contributed by atoms with Crippen LogP contribution in [-0.4, -0.2) is 33.5 Å². The first kappa shape index (κ1) is 14.7. The number of hydrogen-bond donors (Lipinski definition) is 3. The molecule has 0 unspecified atom stereocenters. The van der Waals surface area contributed by atoms with Crippen LogP contribution in [0.15, 0.2) is 12.1 Å². The van der Waals surface area contributed by atoms with Crippen LogP contribution in [0.25, 0.3) is 0 Å². The highest BCUT2D eigenvalue weighted by Crippen LogP contribution is 2.07. The minimum atomic E-state index is -1.19. The average Bonchev–Trinajstić information content (AvgIpc) is 2.64. The lowest BCUT2D eigenvalue weighted by Crippen LogP contribution is -2.42. The van der Waals surface area contributed by atoms with E-state index in [4.69, 9.17) is 10.8 Å². The normalized spacial score (nSPS) is 11.9. The number of aryl methyl sites for hydroxylation is 1. The monoisotopic (exact) mass is 267 g/mol. The second kappa shape index (κ2) is 6.03. The Labute approximate surface area is 110 Å². The number of carbonyl (C=O) groups is 3. The number of carboxylic acids is 1. The van der Waals surface area contributed by atoms with Crippen molar-refractivity contribution in [2.45, 2.75) is 25.8 Å². The predicted octanol–water partition coefficient (Wildman–Crippen LogP) is -0.218. The summed E-state index contributed by atoms with van der Waals surface area (Å²) in [5.41, 5.74) is 6.21. The van der Waals surface area contributed by atoms with Gasteiger partial charge in [-0.15, -0.1) is 0 Å². The summed E-state index contributed by atoms with van der Waals surface area (Å²) in [6.45, 7) is 1.83. The zero-order chi connectivity index (χ0) is 14.6. The molecule has 1 aromatic rings. The first-order valence-corrected chi connectivity index (χ1v) is 5.77. The number of primary amides is 1. The molecule has 0 aliphatic carbocycles. The van der Waals surface area contributed by atoms with Gasteiger partial charge in [-0.05, 0) is 25.5 Å². The highest BCUT2D eigenvalue weighted by molar-refractivity contribution is 5.95. The number of rotatable bonds is 6. The summed E-state index contributed by atoms with van der Waals surface area (Å²) in [6, 6.07) is 2.24. The van der Waals surface area contributed by atoms with E-state index in [9.17, 15) is 14.4 Å². The Morgan fingerprint density at radius 1 is 1.42 bits per heavy atom. The first-order valence-electron chi connectivity index (χ1n) is 5.77. The summed E-state index contributed by atoms with van der Waals surface area (Å²) in [7, 11) is 1.71. The number of nitrogens with zero attached hydrogens (tertiary/aromatic N) is 1. The van der Waals surface area contributed by atoms with Gasteiger partial charge in [0.05, 0.1) is 0 Å². The largest absolute Gasteiger partial charge is 0.480 e. The Bertz CT molecular complexity index is 507. The fourth-order valence-electron chi connectivity index (χ4n) is 1.62. The van der Waals surface area contributed by atoms with Crippen molar-refractivity contribution >= 4 is 17.8 Å². The number of carbonyl (C=O) groups excluding carboxylic acids is 2. The number of carboxylic acid groups (broad SMARTS) is 1. The van der Waals surface area contributed by atoms with Crippen molar-refractivity contribution in [3.8, 4) is 0 Å². The second-order valence-electron chi connectivity index (χ2n) is 4.29. The summed E-state index contributed by atoms with van der Waals surface area (Å²) < 4.78 is 1.66. The highest BCUT2D eigenvalue weighted by atomic mass is 16.4. The molecule has 1 atom stereocenters. The molecule has 0 aliphatic rings. The molecule has 0 aliphatic heterocycles. The second-order valence-corrected chi connectivity index (χ2v) is 4.29.